The Morgan fingerprint density at radius 1 is 1.24 bits per heavy atom. The van der Waals surface area contributed by atoms with Crippen molar-refractivity contribution in [1.82, 2.24) is 9.21 Å². The van der Waals surface area contributed by atoms with E-state index in [0.717, 1.165) is 43.6 Å². The molecule has 3 heterocycles. The van der Waals surface area contributed by atoms with Gasteiger partial charge in [0.05, 0.1) is 6.42 Å². The standard InChI is InChI=1S/C17H27N3O3S2/c1-13(18)14-6-10-19(11-7-14)16(21)12-15-4-5-17(24-15)25(22,23)20-8-2-3-9-20/h4-5,13-14H,2-3,6-12,18H2,1H3. The van der Waals surface area contributed by atoms with Gasteiger partial charge in [0.15, 0.2) is 0 Å². The third kappa shape index (κ3) is 4.24. The number of piperidine rings is 1. The summed E-state index contributed by atoms with van der Waals surface area (Å²) >= 11 is 1.23. The molecule has 0 saturated carbocycles. The number of hydrogen-bond acceptors (Lipinski definition) is 5. The first kappa shape index (κ1) is 18.8. The molecule has 0 radical (unpaired) electrons. The Bertz CT molecular complexity index is 700. The Morgan fingerprint density at radius 2 is 1.88 bits per heavy atom. The minimum Gasteiger partial charge on any atom is -0.342 e. The Labute approximate surface area is 154 Å². The van der Waals surface area contributed by atoms with Crippen molar-refractivity contribution in [2.45, 2.75) is 49.3 Å². The Kier molecular flexibility index (Phi) is 5.82. The van der Waals surface area contributed by atoms with E-state index in [1.165, 1.54) is 11.3 Å². The zero-order valence-corrected chi connectivity index (χ0v) is 16.3. The second kappa shape index (κ2) is 7.73. The van der Waals surface area contributed by atoms with Crippen LogP contribution in [0.4, 0.5) is 0 Å². The lowest BCUT2D eigenvalue weighted by molar-refractivity contribution is -0.131. The van der Waals surface area contributed by atoms with E-state index in [0.29, 0.717) is 23.2 Å². The van der Waals surface area contributed by atoms with Gasteiger partial charge in [-0.05, 0) is 50.7 Å². The molecule has 140 valence electrons. The van der Waals surface area contributed by atoms with E-state index in [9.17, 15) is 13.2 Å². The van der Waals surface area contributed by atoms with Crippen LogP contribution < -0.4 is 5.73 Å². The van der Waals surface area contributed by atoms with Gasteiger partial charge in [-0.25, -0.2) is 8.42 Å². The molecule has 1 atom stereocenters. The first-order valence-electron chi connectivity index (χ1n) is 9.00. The number of hydrogen-bond donors (Lipinski definition) is 1. The molecule has 8 heteroatoms. The maximum Gasteiger partial charge on any atom is 0.252 e. The van der Waals surface area contributed by atoms with Gasteiger partial charge in [0.25, 0.3) is 10.0 Å². The molecule has 1 unspecified atom stereocenters. The van der Waals surface area contributed by atoms with Gasteiger partial charge in [-0.3, -0.25) is 4.79 Å². The first-order chi connectivity index (χ1) is 11.9. The van der Waals surface area contributed by atoms with Gasteiger partial charge in [0, 0.05) is 37.1 Å². The van der Waals surface area contributed by atoms with E-state index < -0.39 is 10.0 Å². The molecule has 2 aliphatic rings. The zero-order valence-electron chi connectivity index (χ0n) is 14.7. The van der Waals surface area contributed by atoms with Crippen molar-refractivity contribution in [2.75, 3.05) is 26.2 Å². The number of rotatable bonds is 5. The molecule has 2 saturated heterocycles. The summed E-state index contributed by atoms with van der Waals surface area (Å²) in [6.07, 6.45) is 4.02. The van der Waals surface area contributed by atoms with Crippen molar-refractivity contribution in [1.29, 1.82) is 0 Å². The molecule has 3 rings (SSSR count). The molecule has 2 aliphatic heterocycles. The predicted molar refractivity (Wildman–Crippen MR) is 99.0 cm³/mol. The summed E-state index contributed by atoms with van der Waals surface area (Å²) < 4.78 is 27.0. The smallest absolute Gasteiger partial charge is 0.252 e. The van der Waals surface area contributed by atoms with Crippen LogP contribution in [0.15, 0.2) is 16.3 Å². The molecule has 2 fully saturated rings. The van der Waals surface area contributed by atoms with Gasteiger partial charge in [-0.1, -0.05) is 0 Å². The van der Waals surface area contributed by atoms with Crippen molar-refractivity contribution < 1.29 is 13.2 Å². The maximum atomic E-state index is 12.6. The van der Waals surface area contributed by atoms with Crippen LogP contribution >= 0.6 is 11.3 Å². The van der Waals surface area contributed by atoms with Crippen molar-refractivity contribution in [3.63, 3.8) is 0 Å². The van der Waals surface area contributed by atoms with Gasteiger partial charge >= 0.3 is 0 Å². The highest BCUT2D eigenvalue weighted by atomic mass is 32.2. The van der Waals surface area contributed by atoms with E-state index in [2.05, 4.69) is 0 Å². The largest absolute Gasteiger partial charge is 0.342 e. The van der Waals surface area contributed by atoms with Crippen LogP contribution in [0, 0.1) is 5.92 Å². The lowest BCUT2D eigenvalue weighted by atomic mass is 9.91. The lowest BCUT2D eigenvalue weighted by Gasteiger charge is -2.33. The van der Waals surface area contributed by atoms with E-state index >= 15 is 0 Å². The molecular weight excluding hydrogens is 358 g/mol. The highest BCUT2D eigenvalue weighted by molar-refractivity contribution is 7.91. The fraction of sp³-hybridized carbons (Fsp3) is 0.706. The highest BCUT2D eigenvalue weighted by Crippen LogP contribution is 2.28. The predicted octanol–water partition coefficient (Wildman–Crippen LogP) is 1.66. The molecule has 6 nitrogen and oxygen atoms in total. The van der Waals surface area contributed by atoms with Gasteiger partial charge in [0.1, 0.15) is 4.21 Å². The SMILES string of the molecule is CC(N)C1CCN(C(=O)Cc2ccc(S(=O)(=O)N3CCCC3)s2)CC1. The summed E-state index contributed by atoms with van der Waals surface area (Å²) in [5.74, 6) is 0.568. The van der Waals surface area contributed by atoms with E-state index in [1.54, 1.807) is 16.4 Å². The third-order valence-electron chi connectivity index (χ3n) is 5.26. The Morgan fingerprint density at radius 3 is 2.48 bits per heavy atom. The summed E-state index contributed by atoms with van der Waals surface area (Å²) in [5.41, 5.74) is 5.94. The van der Waals surface area contributed by atoms with Gasteiger partial charge in [-0.15, -0.1) is 11.3 Å². The average molecular weight is 386 g/mol. The van der Waals surface area contributed by atoms with Gasteiger partial charge in [0.2, 0.25) is 5.91 Å². The van der Waals surface area contributed by atoms with Crippen molar-refractivity contribution in [3.8, 4) is 0 Å². The second-order valence-electron chi connectivity index (χ2n) is 7.09. The van der Waals surface area contributed by atoms with Crippen LogP contribution in [0.2, 0.25) is 0 Å². The van der Waals surface area contributed by atoms with Crippen LogP contribution in [-0.4, -0.2) is 55.8 Å². The second-order valence-corrected chi connectivity index (χ2v) is 10.4. The number of sulfonamides is 1. The molecule has 0 bridgehead atoms. The molecule has 1 amide bonds. The Hall–Kier alpha value is -0.960. The average Bonchev–Trinajstić information content (AvgIpc) is 3.27. The van der Waals surface area contributed by atoms with Crippen LogP contribution in [-0.2, 0) is 21.2 Å². The number of nitrogens with two attached hydrogens (primary N) is 1. The number of carbonyl (C=O) groups is 1. The minimum atomic E-state index is -3.38. The van der Waals surface area contributed by atoms with Crippen molar-refractivity contribution >= 4 is 27.3 Å². The molecule has 25 heavy (non-hydrogen) atoms. The monoisotopic (exact) mass is 385 g/mol. The quantitative estimate of drug-likeness (QED) is 0.835. The summed E-state index contributed by atoms with van der Waals surface area (Å²) in [6, 6.07) is 3.59. The molecule has 1 aromatic rings. The number of amides is 1. The van der Waals surface area contributed by atoms with Crippen LogP contribution in [0.25, 0.3) is 0 Å². The molecule has 0 aromatic carbocycles. The van der Waals surface area contributed by atoms with Crippen LogP contribution in [0.3, 0.4) is 0 Å². The van der Waals surface area contributed by atoms with Gasteiger partial charge < -0.3 is 10.6 Å². The zero-order chi connectivity index (χ0) is 18.0. The van der Waals surface area contributed by atoms with E-state index in [-0.39, 0.29) is 18.4 Å². The first-order valence-corrected chi connectivity index (χ1v) is 11.3. The van der Waals surface area contributed by atoms with Gasteiger partial charge in [-0.2, -0.15) is 4.31 Å². The third-order valence-corrected chi connectivity index (χ3v) is 8.71. The summed E-state index contributed by atoms with van der Waals surface area (Å²) in [6.45, 7) is 4.72. The van der Waals surface area contributed by atoms with E-state index in [1.807, 2.05) is 11.8 Å². The highest BCUT2D eigenvalue weighted by Gasteiger charge is 2.29. The fourth-order valence-electron chi connectivity index (χ4n) is 3.58. The number of carbonyl (C=O) groups excluding carboxylic acids is 1. The summed E-state index contributed by atoms with van der Waals surface area (Å²) in [7, 11) is -3.38. The molecular formula is C17H27N3O3S2. The summed E-state index contributed by atoms with van der Waals surface area (Å²) in [5, 5.41) is 0. The maximum absolute atomic E-state index is 12.6. The molecule has 1 aromatic heterocycles. The topological polar surface area (TPSA) is 83.7 Å². The fourth-order valence-corrected chi connectivity index (χ4v) is 6.60. The van der Waals surface area contributed by atoms with Crippen LogP contribution in [0.5, 0.6) is 0 Å². The number of thiophene rings is 1. The van der Waals surface area contributed by atoms with E-state index in [4.69, 9.17) is 5.73 Å². The number of nitrogens with zero attached hydrogens (tertiary/aromatic N) is 2. The normalized spacial score (nSPS) is 21.6. The minimum absolute atomic E-state index is 0.0788. The molecule has 0 spiro atoms. The molecule has 2 N–H and O–H groups in total. The number of likely N-dealkylation sites (tertiary alicyclic amines) is 1. The van der Waals surface area contributed by atoms with Crippen molar-refractivity contribution in [3.05, 3.63) is 17.0 Å². The van der Waals surface area contributed by atoms with Crippen molar-refractivity contribution in [2.24, 2.45) is 11.7 Å². The Balaban J connectivity index is 1.59. The molecule has 0 aliphatic carbocycles. The van der Waals surface area contributed by atoms with Crippen LogP contribution in [0.1, 0.15) is 37.5 Å². The lowest BCUT2D eigenvalue weighted by Crippen LogP contribution is -2.43. The summed E-state index contributed by atoms with van der Waals surface area (Å²) in [4.78, 5) is 15.2.